The van der Waals surface area contributed by atoms with E-state index >= 15 is 0 Å². The molecule has 0 aliphatic carbocycles. The highest BCUT2D eigenvalue weighted by atomic mass is 19.1. The van der Waals surface area contributed by atoms with Crippen molar-refractivity contribution in [3.63, 3.8) is 0 Å². The number of aryl methyl sites for hydroxylation is 1. The van der Waals surface area contributed by atoms with Gasteiger partial charge in [0.25, 0.3) is 0 Å². The second kappa shape index (κ2) is 8.49. The molecule has 2 saturated heterocycles. The molecule has 6 heteroatoms. The molecule has 0 radical (unpaired) electrons. The third-order valence-electron chi connectivity index (χ3n) is 6.09. The van der Waals surface area contributed by atoms with Crippen LogP contribution in [-0.4, -0.2) is 60.0 Å². The number of rotatable bonds is 4. The van der Waals surface area contributed by atoms with Crippen LogP contribution in [0.2, 0.25) is 0 Å². The first-order valence-electron chi connectivity index (χ1n) is 10.4. The van der Waals surface area contributed by atoms with Gasteiger partial charge in [-0.1, -0.05) is 18.2 Å². The number of aromatic nitrogens is 1. The monoisotopic (exact) mass is 396 g/mol. The van der Waals surface area contributed by atoms with Crippen LogP contribution in [-0.2, 0) is 11.3 Å². The van der Waals surface area contributed by atoms with Gasteiger partial charge in [0, 0.05) is 74.7 Å². The molecule has 1 atom stereocenters. The Morgan fingerprint density at radius 3 is 2.62 bits per heavy atom. The van der Waals surface area contributed by atoms with Crippen molar-refractivity contribution in [2.75, 3.05) is 44.2 Å². The minimum atomic E-state index is -0.128. The van der Waals surface area contributed by atoms with E-state index in [1.54, 1.807) is 13.0 Å². The average Bonchev–Trinajstić information content (AvgIpc) is 3.18. The smallest absolute Gasteiger partial charge is 0.219 e. The summed E-state index contributed by atoms with van der Waals surface area (Å²) in [6.07, 6.45) is 1.04. The van der Waals surface area contributed by atoms with Crippen molar-refractivity contribution in [3.05, 3.63) is 59.2 Å². The second-order valence-corrected chi connectivity index (χ2v) is 8.20. The minimum absolute atomic E-state index is 0.128. The lowest BCUT2D eigenvalue weighted by atomic mass is 10.0. The van der Waals surface area contributed by atoms with Crippen LogP contribution in [0.4, 0.5) is 10.1 Å². The molecule has 2 aromatic rings. The number of piperazine rings is 1. The zero-order valence-corrected chi connectivity index (χ0v) is 17.3. The van der Waals surface area contributed by atoms with E-state index in [0.29, 0.717) is 12.5 Å². The first-order valence-corrected chi connectivity index (χ1v) is 10.4. The number of carbonyl (C=O) groups excluding carboxylic acids is 1. The maximum Gasteiger partial charge on any atom is 0.219 e. The Bertz CT molecular complexity index is 879. The van der Waals surface area contributed by atoms with E-state index in [9.17, 15) is 9.18 Å². The Labute approximate surface area is 172 Å². The van der Waals surface area contributed by atoms with E-state index in [1.807, 2.05) is 24.0 Å². The fourth-order valence-electron chi connectivity index (χ4n) is 4.43. The summed E-state index contributed by atoms with van der Waals surface area (Å²) in [5.74, 6) is 0.396. The number of halogens is 1. The fourth-order valence-corrected chi connectivity index (χ4v) is 4.43. The van der Waals surface area contributed by atoms with Crippen LogP contribution in [0, 0.1) is 12.7 Å². The summed E-state index contributed by atoms with van der Waals surface area (Å²) < 4.78 is 14.0. The van der Waals surface area contributed by atoms with E-state index in [4.69, 9.17) is 4.98 Å². The van der Waals surface area contributed by atoms with Gasteiger partial charge in [0.15, 0.2) is 0 Å². The SMILES string of the molecule is CC(=O)N1CCN(c2cc(C)nc([C@H]3CCN(Cc4ccccc4F)C3)c2)CC1. The van der Waals surface area contributed by atoms with Crippen molar-refractivity contribution in [1.29, 1.82) is 0 Å². The summed E-state index contributed by atoms with van der Waals surface area (Å²) in [7, 11) is 0. The number of carbonyl (C=O) groups is 1. The normalized spacial score (nSPS) is 20.3. The molecule has 1 aromatic carbocycles. The maximum atomic E-state index is 14.0. The molecule has 0 saturated carbocycles. The molecule has 0 N–H and O–H groups in total. The lowest BCUT2D eigenvalue weighted by Crippen LogP contribution is -2.48. The number of benzene rings is 1. The molecule has 0 spiro atoms. The molecule has 29 heavy (non-hydrogen) atoms. The van der Waals surface area contributed by atoms with Crippen LogP contribution in [0.15, 0.2) is 36.4 Å². The third-order valence-corrected chi connectivity index (χ3v) is 6.09. The van der Waals surface area contributed by atoms with Gasteiger partial charge in [-0.15, -0.1) is 0 Å². The summed E-state index contributed by atoms with van der Waals surface area (Å²) in [5, 5.41) is 0. The number of nitrogens with zero attached hydrogens (tertiary/aromatic N) is 4. The molecule has 3 heterocycles. The van der Waals surface area contributed by atoms with E-state index in [1.165, 1.54) is 11.8 Å². The Morgan fingerprint density at radius 2 is 1.90 bits per heavy atom. The van der Waals surface area contributed by atoms with Crippen molar-refractivity contribution >= 4 is 11.6 Å². The number of hydrogen-bond donors (Lipinski definition) is 0. The molecule has 2 aliphatic rings. The summed E-state index contributed by atoms with van der Waals surface area (Å²) in [6.45, 7) is 9.44. The first kappa shape index (κ1) is 19.8. The lowest BCUT2D eigenvalue weighted by molar-refractivity contribution is -0.129. The second-order valence-electron chi connectivity index (χ2n) is 8.20. The third kappa shape index (κ3) is 4.58. The van der Waals surface area contributed by atoms with Crippen LogP contribution in [0.25, 0.3) is 0 Å². The van der Waals surface area contributed by atoms with Gasteiger partial charge in [-0.05, 0) is 38.1 Å². The Morgan fingerprint density at radius 1 is 1.14 bits per heavy atom. The maximum absolute atomic E-state index is 14.0. The van der Waals surface area contributed by atoms with Crippen LogP contribution < -0.4 is 4.90 Å². The average molecular weight is 397 g/mol. The van der Waals surface area contributed by atoms with Crippen LogP contribution >= 0.6 is 0 Å². The molecular formula is C23H29FN4O. The van der Waals surface area contributed by atoms with Crippen LogP contribution in [0.1, 0.15) is 36.2 Å². The summed E-state index contributed by atoms with van der Waals surface area (Å²) in [4.78, 5) is 23.0. The Hall–Kier alpha value is -2.47. The Balaban J connectivity index is 1.43. The van der Waals surface area contributed by atoms with Crippen molar-refractivity contribution in [3.8, 4) is 0 Å². The summed E-state index contributed by atoms with van der Waals surface area (Å²) >= 11 is 0. The molecule has 4 rings (SSSR count). The summed E-state index contributed by atoms with van der Waals surface area (Å²) in [5.41, 5.74) is 4.11. The number of amides is 1. The number of pyridine rings is 1. The molecule has 1 amide bonds. The van der Waals surface area contributed by atoms with Crippen molar-refractivity contribution in [2.24, 2.45) is 0 Å². The van der Waals surface area contributed by atoms with Gasteiger partial charge in [0.1, 0.15) is 5.82 Å². The largest absolute Gasteiger partial charge is 0.368 e. The van der Waals surface area contributed by atoms with Gasteiger partial charge >= 0.3 is 0 Å². The molecule has 2 aliphatic heterocycles. The first-order chi connectivity index (χ1) is 14.0. The number of likely N-dealkylation sites (tertiary alicyclic amines) is 1. The lowest BCUT2D eigenvalue weighted by Gasteiger charge is -2.36. The van der Waals surface area contributed by atoms with Crippen LogP contribution in [0.3, 0.4) is 0 Å². The highest BCUT2D eigenvalue weighted by molar-refractivity contribution is 5.73. The van der Waals surface area contributed by atoms with Crippen molar-refractivity contribution in [2.45, 2.75) is 32.7 Å². The van der Waals surface area contributed by atoms with Gasteiger partial charge in [0.05, 0.1) is 0 Å². The van der Waals surface area contributed by atoms with Gasteiger partial charge in [-0.2, -0.15) is 0 Å². The molecule has 0 unspecified atom stereocenters. The molecule has 154 valence electrons. The quantitative estimate of drug-likeness (QED) is 0.796. The van der Waals surface area contributed by atoms with E-state index < -0.39 is 0 Å². The molecule has 5 nitrogen and oxygen atoms in total. The highest BCUT2D eigenvalue weighted by Crippen LogP contribution is 2.30. The minimum Gasteiger partial charge on any atom is -0.368 e. The van der Waals surface area contributed by atoms with Crippen LogP contribution in [0.5, 0.6) is 0 Å². The summed E-state index contributed by atoms with van der Waals surface area (Å²) in [6, 6.07) is 11.4. The fraction of sp³-hybridized carbons (Fsp3) is 0.478. The van der Waals surface area contributed by atoms with Crippen molar-refractivity contribution < 1.29 is 9.18 Å². The standard InChI is InChI=1S/C23H29FN4O/c1-17-13-21(28-11-9-27(10-12-28)18(2)29)14-23(25-17)20-7-8-26(16-20)15-19-5-3-4-6-22(19)24/h3-6,13-14,20H,7-12,15-16H2,1-2H3/t20-/m0/s1. The van der Waals surface area contributed by atoms with Gasteiger partial charge < -0.3 is 9.80 Å². The van der Waals surface area contributed by atoms with Gasteiger partial charge in [0.2, 0.25) is 5.91 Å². The number of hydrogen-bond acceptors (Lipinski definition) is 4. The molecule has 0 bridgehead atoms. The molecular weight excluding hydrogens is 367 g/mol. The van der Waals surface area contributed by atoms with Crippen molar-refractivity contribution in [1.82, 2.24) is 14.8 Å². The van der Waals surface area contributed by atoms with E-state index in [-0.39, 0.29) is 11.7 Å². The molecule has 1 aromatic heterocycles. The predicted molar refractivity (Wildman–Crippen MR) is 112 cm³/mol. The molecule has 2 fully saturated rings. The zero-order chi connectivity index (χ0) is 20.4. The van der Waals surface area contributed by atoms with Gasteiger partial charge in [-0.25, -0.2) is 4.39 Å². The van der Waals surface area contributed by atoms with E-state index in [2.05, 4.69) is 21.9 Å². The zero-order valence-electron chi connectivity index (χ0n) is 17.3. The highest BCUT2D eigenvalue weighted by Gasteiger charge is 2.27. The van der Waals surface area contributed by atoms with E-state index in [0.717, 1.165) is 62.6 Å². The number of anilines is 1. The Kier molecular flexibility index (Phi) is 5.81. The predicted octanol–water partition coefficient (Wildman–Crippen LogP) is 3.19. The van der Waals surface area contributed by atoms with Gasteiger partial charge in [-0.3, -0.25) is 14.7 Å². The topological polar surface area (TPSA) is 39.7 Å².